The van der Waals surface area contributed by atoms with E-state index in [0.717, 1.165) is 0 Å². The van der Waals surface area contributed by atoms with E-state index in [1.54, 1.807) is 0 Å². The minimum Gasteiger partial charge on any atom is -0.478 e. The van der Waals surface area contributed by atoms with Crippen LogP contribution in [0.4, 0.5) is 13.2 Å². The summed E-state index contributed by atoms with van der Waals surface area (Å²) in [5.41, 5.74) is 0.255. The molecule has 0 fully saturated rings. The molecular formula is C9H5F3N2O2. The quantitative estimate of drug-likeness (QED) is 0.789. The summed E-state index contributed by atoms with van der Waals surface area (Å²) in [4.78, 5) is 10.5. The molecule has 84 valence electrons. The molecule has 0 radical (unpaired) electrons. The molecule has 1 aromatic rings. The Labute approximate surface area is 87.6 Å². The average molecular weight is 230 g/mol. The van der Waals surface area contributed by atoms with Crippen LogP contribution in [0.1, 0.15) is 15.9 Å². The highest BCUT2D eigenvalue weighted by atomic mass is 19.4. The fraction of sp³-hybridized carbons (Fsp3) is 0.111. The number of halogens is 3. The van der Waals surface area contributed by atoms with Gasteiger partial charge in [-0.25, -0.2) is 4.79 Å². The molecule has 16 heavy (non-hydrogen) atoms. The van der Waals surface area contributed by atoms with E-state index < -0.39 is 12.3 Å². The lowest BCUT2D eigenvalue weighted by molar-refractivity contribution is -0.201. The van der Waals surface area contributed by atoms with E-state index in [1.807, 2.05) is 0 Å². The van der Waals surface area contributed by atoms with Crippen LogP contribution in [0.2, 0.25) is 0 Å². The summed E-state index contributed by atoms with van der Waals surface area (Å²) >= 11 is 0. The van der Waals surface area contributed by atoms with E-state index in [1.165, 1.54) is 24.3 Å². The first kappa shape index (κ1) is 10.5. The summed E-state index contributed by atoms with van der Waals surface area (Å²) in [5, 5.41) is 11.7. The number of hydrogen-bond donors (Lipinski definition) is 1. The molecule has 0 aliphatic carbocycles. The van der Waals surface area contributed by atoms with Crippen molar-refractivity contribution in [1.82, 2.24) is 5.01 Å². The topological polar surface area (TPSA) is 52.7 Å². The number of hydrogen-bond acceptors (Lipinski definition) is 3. The van der Waals surface area contributed by atoms with Crippen LogP contribution in [0, 0.1) is 0 Å². The number of aromatic carboxylic acids is 1. The Bertz CT molecular complexity index is 465. The van der Waals surface area contributed by atoms with Crippen LogP contribution >= 0.6 is 0 Å². The Balaban J connectivity index is 2.14. The fourth-order valence-electron chi connectivity index (χ4n) is 1.19. The maximum Gasteiger partial charge on any atom is 0.506 e. The summed E-state index contributed by atoms with van der Waals surface area (Å²) in [6.07, 6.45) is -4.51. The lowest BCUT2D eigenvalue weighted by atomic mass is 10.1. The molecule has 0 saturated heterocycles. The first-order valence-electron chi connectivity index (χ1n) is 4.19. The second-order valence-electron chi connectivity index (χ2n) is 3.09. The lowest BCUT2D eigenvalue weighted by Gasteiger charge is -2.05. The van der Waals surface area contributed by atoms with Gasteiger partial charge in [-0.05, 0) is 12.1 Å². The zero-order chi connectivity index (χ0) is 11.9. The van der Waals surface area contributed by atoms with Gasteiger partial charge < -0.3 is 5.11 Å². The van der Waals surface area contributed by atoms with Crippen LogP contribution in [-0.4, -0.2) is 28.2 Å². The molecule has 1 heterocycles. The Morgan fingerprint density at radius 2 is 1.81 bits per heavy atom. The van der Waals surface area contributed by atoms with Gasteiger partial charge in [0.1, 0.15) is 0 Å². The molecule has 0 unspecified atom stereocenters. The first-order chi connectivity index (χ1) is 7.39. The zero-order valence-electron chi connectivity index (χ0n) is 7.69. The van der Waals surface area contributed by atoms with E-state index in [2.05, 4.69) is 5.10 Å². The second kappa shape index (κ2) is 3.22. The smallest absolute Gasteiger partial charge is 0.478 e. The molecule has 0 aromatic heterocycles. The minimum atomic E-state index is -4.51. The number of alkyl halides is 3. The predicted octanol–water partition coefficient (Wildman–Crippen LogP) is 1.88. The molecule has 4 nitrogen and oxygen atoms in total. The van der Waals surface area contributed by atoms with E-state index in [0.29, 0.717) is 0 Å². The molecule has 1 aromatic carbocycles. The Kier molecular flexibility index (Phi) is 2.11. The maximum atomic E-state index is 12.1. The van der Waals surface area contributed by atoms with Gasteiger partial charge in [-0.3, -0.25) is 0 Å². The molecule has 1 N–H and O–H groups in total. The largest absolute Gasteiger partial charge is 0.506 e. The first-order valence-corrected chi connectivity index (χ1v) is 4.19. The standard InChI is InChI=1S/C9H5F3N2O2/c10-9(11,12)14-7(13-14)5-1-3-6(4-2-5)8(15)16/h1-4H,(H,15,16). The van der Waals surface area contributed by atoms with Crippen molar-refractivity contribution in [1.29, 1.82) is 0 Å². The van der Waals surface area contributed by atoms with Crippen molar-refractivity contribution in [2.75, 3.05) is 0 Å². The lowest BCUT2D eigenvalue weighted by Crippen LogP contribution is -2.25. The van der Waals surface area contributed by atoms with Crippen molar-refractivity contribution in [3.8, 4) is 0 Å². The molecular weight excluding hydrogens is 225 g/mol. The number of nitrogens with zero attached hydrogens (tertiary/aromatic N) is 2. The highest BCUT2D eigenvalue weighted by Gasteiger charge is 2.48. The van der Waals surface area contributed by atoms with Gasteiger partial charge in [0.2, 0.25) is 0 Å². The molecule has 0 saturated carbocycles. The normalized spacial score (nSPS) is 14.7. The van der Waals surface area contributed by atoms with Crippen molar-refractivity contribution in [3.05, 3.63) is 35.4 Å². The molecule has 0 amide bonds. The van der Waals surface area contributed by atoms with E-state index in [9.17, 15) is 18.0 Å². The van der Waals surface area contributed by atoms with Gasteiger partial charge in [0.25, 0.3) is 0 Å². The molecule has 1 aliphatic heterocycles. The van der Waals surface area contributed by atoms with Crippen molar-refractivity contribution in [2.24, 2.45) is 5.10 Å². The molecule has 0 bridgehead atoms. The van der Waals surface area contributed by atoms with Gasteiger partial charge in [-0.1, -0.05) is 12.1 Å². The maximum absolute atomic E-state index is 12.1. The average Bonchev–Trinajstić information content (AvgIpc) is 2.96. The number of carboxylic acid groups (broad SMARTS) is 1. The van der Waals surface area contributed by atoms with Crippen LogP contribution in [-0.2, 0) is 0 Å². The number of benzene rings is 1. The van der Waals surface area contributed by atoms with Crippen LogP contribution in [0.15, 0.2) is 29.4 Å². The van der Waals surface area contributed by atoms with Gasteiger partial charge in [-0.2, -0.15) is 0 Å². The summed E-state index contributed by atoms with van der Waals surface area (Å²) in [5.74, 6) is -1.33. The number of carboxylic acids is 1. The number of carbonyl (C=O) groups is 1. The zero-order valence-corrected chi connectivity index (χ0v) is 7.69. The van der Waals surface area contributed by atoms with Crippen LogP contribution in [0.3, 0.4) is 0 Å². The molecule has 2 rings (SSSR count). The molecule has 0 atom stereocenters. The summed E-state index contributed by atoms with van der Waals surface area (Å²) < 4.78 is 36.3. The fourth-order valence-corrected chi connectivity index (χ4v) is 1.19. The Hall–Kier alpha value is -2.05. The third-order valence-electron chi connectivity index (χ3n) is 1.99. The van der Waals surface area contributed by atoms with Crippen LogP contribution < -0.4 is 0 Å². The highest BCUT2D eigenvalue weighted by Crippen LogP contribution is 2.32. The van der Waals surface area contributed by atoms with Gasteiger partial charge >= 0.3 is 12.3 Å². The molecule has 0 spiro atoms. The van der Waals surface area contributed by atoms with Crippen LogP contribution in [0.25, 0.3) is 0 Å². The van der Waals surface area contributed by atoms with Crippen molar-refractivity contribution < 1.29 is 23.1 Å². The molecule has 1 aliphatic rings. The van der Waals surface area contributed by atoms with Crippen LogP contribution in [0.5, 0.6) is 0 Å². The minimum absolute atomic E-state index is 0.0172. The van der Waals surface area contributed by atoms with Gasteiger partial charge in [0.15, 0.2) is 5.84 Å². The Morgan fingerprint density at radius 1 is 1.25 bits per heavy atom. The van der Waals surface area contributed by atoms with E-state index in [-0.39, 0.29) is 22.0 Å². The monoisotopic (exact) mass is 230 g/mol. The number of hydrazone groups is 1. The number of rotatable bonds is 2. The predicted molar refractivity (Wildman–Crippen MR) is 47.8 cm³/mol. The number of amidine groups is 1. The summed E-state index contributed by atoms with van der Waals surface area (Å²) in [6, 6.07) is 5.03. The third-order valence-corrected chi connectivity index (χ3v) is 1.99. The van der Waals surface area contributed by atoms with Crippen molar-refractivity contribution in [2.45, 2.75) is 6.30 Å². The summed E-state index contributed by atoms with van der Waals surface area (Å²) in [6.45, 7) is 0. The molecule has 7 heteroatoms. The third kappa shape index (κ3) is 1.83. The second-order valence-corrected chi connectivity index (χ2v) is 3.09. The van der Waals surface area contributed by atoms with E-state index >= 15 is 0 Å². The van der Waals surface area contributed by atoms with Crippen molar-refractivity contribution >= 4 is 11.8 Å². The van der Waals surface area contributed by atoms with Gasteiger partial charge in [-0.15, -0.1) is 23.3 Å². The highest BCUT2D eigenvalue weighted by molar-refractivity contribution is 6.06. The Morgan fingerprint density at radius 3 is 2.19 bits per heavy atom. The van der Waals surface area contributed by atoms with Crippen molar-refractivity contribution in [3.63, 3.8) is 0 Å². The SMILES string of the molecule is O=C(O)c1ccc(C2=NN2C(F)(F)F)cc1. The summed E-state index contributed by atoms with van der Waals surface area (Å²) in [7, 11) is 0. The van der Waals surface area contributed by atoms with Gasteiger partial charge in [0.05, 0.1) is 5.56 Å². The van der Waals surface area contributed by atoms with E-state index in [4.69, 9.17) is 5.11 Å². The van der Waals surface area contributed by atoms with Gasteiger partial charge in [0, 0.05) is 5.56 Å².